The number of esters is 3. The van der Waals surface area contributed by atoms with E-state index in [4.69, 9.17) is 14.2 Å². The molecule has 0 aliphatic heterocycles. The van der Waals surface area contributed by atoms with E-state index in [9.17, 15) is 14.4 Å². The molecule has 0 aliphatic rings. The van der Waals surface area contributed by atoms with Crippen LogP contribution in [0.5, 0.6) is 0 Å². The van der Waals surface area contributed by atoms with Crippen molar-refractivity contribution in [3.63, 3.8) is 0 Å². The summed E-state index contributed by atoms with van der Waals surface area (Å²) in [5.41, 5.74) is 0. The molecule has 0 heterocycles. The van der Waals surface area contributed by atoms with Crippen molar-refractivity contribution in [1.29, 1.82) is 0 Å². The summed E-state index contributed by atoms with van der Waals surface area (Å²) >= 11 is 0. The van der Waals surface area contributed by atoms with Crippen molar-refractivity contribution in [2.45, 2.75) is 219 Å². The summed E-state index contributed by atoms with van der Waals surface area (Å²) in [6, 6.07) is 0. The number of hydrogen-bond donors (Lipinski definition) is 0. The van der Waals surface area contributed by atoms with E-state index >= 15 is 0 Å². The molecule has 0 fully saturated rings. The lowest BCUT2D eigenvalue weighted by Crippen LogP contribution is -2.30. The number of ether oxygens (including phenoxy) is 3. The van der Waals surface area contributed by atoms with Crippen LogP contribution in [0.1, 0.15) is 213 Å². The summed E-state index contributed by atoms with van der Waals surface area (Å²) < 4.78 is 16.7. The molecule has 63 heavy (non-hydrogen) atoms. The molecule has 0 spiro atoms. The molecule has 0 N–H and O–H groups in total. The Bertz CT molecular complexity index is 1330. The normalized spacial score (nSPS) is 13.0. The molecule has 0 bridgehead atoms. The first-order valence-corrected chi connectivity index (χ1v) is 25.5. The first-order valence-electron chi connectivity index (χ1n) is 25.5. The summed E-state index contributed by atoms with van der Waals surface area (Å²) in [4.78, 5) is 37.9. The third kappa shape index (κ3) is 49.0. The van der Waals surface area contributed by atoms with Gasteiger partial charge >= 0.3 is 17.9 Å². The Balaban J connectivity index is 4.44. The molecule has 6 nitrogen and oxygen atoms in total. The zero-order chi connectivity index (χ0) is 45.8. The third-order valence-electron chi connectivity index (χ3n) is 10.4. The molecule has 1 atom stereocenters. The highest BCUT2D eigenvalue weighted by Crippen LogP contribution is 2.14. The van der Waals surface area contributed by atoms with Gasteiger partial charge in [-0.05, 0) is 83.5 Å². The molecular formula is C57H92O6. The number of allylic oxidation sites excluding steroid dienone is 18. The van der Waals surface area contributed by atoms with Gasteiger partial charge in [-0.2, -0.15) is 0 Å². The Kier molecular flexibility index (Phi) is 47.5. The molecule has 0 aliphatic carbocycles. The molecule has 0 aromatic heterocycles. The fraction of sp³-hybridized carbons (Fsp3) is 0.632. The molecular weight excluding hydrogens is 781 g/mol. The van der Waals surface area contributed by atoms with Crippen molar-refractivity contribution >= 4 is 17.9 Å². The molecule has 356 valence electrons. The van der Waals surface area contributed by atoms with E-state index in [1.807, 2.05) is 60.8 Å². The van der Waals surface area contributed by atoms with E-state index in [-0.39, 0.29) is 37.5 Å². The van der Waals surface area contributed by atoms with E-state index in [1.54, 1.807) is 0 Å². The van der Waals surface area contributed by atoms with Crippen molar-refractivity contribution in [3.8, 4) is 0 Å². The first-order chi connectivity index (χ1) is 31.0. The minimum absolute atomic E-state index is 0.109. The van der Waals surface area contributed by atoms with Gasteiger partial charge in [-0.25, -0.2) is 0 Å². The average Bonchev–Trinajstić information content (AvgIpc) is 3.28. The number of carbonyl (C=O) groups is 3. The Morgan fingerprint density at radius 1 is 0.333 bits per heavy atom. The Morgan fingerprint density at radius 3 is 1.14 bits per heavy atom. The summed E-state index contributed by atoms with van der Waals surface area (Å²) in [5, 5.41) is 0. The minimum Gasteiger partial charge on any atom is -0.462 e. The minimum atomic E-state index is -0.814. The maximum Gasteiger partial charge on any atom is 0.306 e. The first kappa shape index (κ1) is 59.1. The van der Waals surface area contributed by atoms with Gasteiger partial charge < -0.3 is 14.2 Å². The van der Waals surface area contributed by atoms with Crippen molar-refractivity contribution in [2.24, 2.45) is 0 Å². The maximum absolute atomic E-state index is 12.8. The molecule has 0 radical (unpaired) electrons. The van der Waals surface area contributed by atoms with Gasteiger partial charge in [0.15, 0.2) is 6.10 Å². The molecule has 0 saturated carbocycles. The highest BCUT2D eigenvalue weighted by molar-refractivity contribution is 5.71. The van der Waals surface area contributed by atoms with Crippen LogP contribution in [0.2, 0.25) is 0 Å². The fourth-order valence-corrected chi connectivity index (χ4v) is 6.58. The monoisotopic (exact) mass is 873 g/mol. The van der Waals surface area contributed by atoms with Crippen LogP contribution >= 0.6 is 0 Å². The van der Waals surface area contributed by atoms with Crippen molar-refractivity contribution in [2.75, 3.05) is 13.2 Å². The van der Waals surface area contributed by atoms with E-state index < -0.39 is 6.10 Å². The van der Waals surface area contributed by atoms with Crippen LogP contribution in [-0.2, 0) is 28.6 Å². The van der Waals surface area contributed by atoms with Crippen LogP contribution < -0.4 is 0 Å². The highest BCUT2D eigenvalue weighted by Gasteiger charge is 2.19. The van der Waals surface area contributed by atoms with Gasteiger partial charge in [0.1, 0.15) is 13.2 Å². The van der Waals surface area contributed by atoms with E-state index in [2.05, 4.69) is 69.4 Å². The van der Waals surface area contributed by atoms with Gasteiger partial charge in [-0.15, -0.1) is 0 Å². The highest BCUT2D eigenvalue weighted by atomic mass is 16.6. The van der Waals surface area contributed by atoms with Crippen molar-refractivity contribution in [3.05, 3.63) is 109 Å². The number of rotatable bonds is 44. The lowest BCUT2D eigenvalue weighted by molar-refractivity contribution is -0.167. The molecule has 0 rings (SSSR count). The van der Waals surface area contributed by atoms with Gasteiger partial charge in [-0.1, -0.05) is 220 Å². The summed E-state index contributed by atoms with van der Waals surface area (Å²) in [7, 11) is 0. The second-order valence-corrected chi connectivity index (χ2v) is 16.5. The third-order valence-corrected chi connectivity index (χ3v) is 10.4. The Hall–Kier alpha value is -3.93. The molecule has 0 aromatic carbocycles. The second kappa shape index (κ2) is 50.7. The summed E-state index contributed by atoms with van der Waals surface area (Å²) in [6.45, 7) is 6.35. The second-order valence-electron chi connectivity index (χ2n) is 16.5. The van der Waals surface area contributed by atoms with E-state index in [1.165, 1.54) is 103 Å². The largest absolute Gasteiger partial charge is 0.462 e. The van der Waals surface area contributed by atoms with E-state index in [0.717, 1.165) is 57.8 Å². The van der Waals surface area contributed by atoms with Gasteiger partial charge in [-0.3, -0.25) is 14.4 Å². The lowest BCUT2D eigenvalue weighted by Gasteiger charge is -2.18. The smallest absolute Gasteiger partial charge is 0.306 e. The molecule has 0 aromatic rings. The van der Waals surface area contributed by atoms with Gasteiger partial charge in [0, 0.05) is 19.3 Å². The summed E-state index contributed by atoms with van der Waals surface area (Å²) in [5.74, 6) is -1.000. The van der Waals surface area contributed by atoms with Gasteiger partial charge in [0.05, 0.1) is 0 Å². The predicted octanol–water partition coefficient (Wildman–Crippen LogP) is 16.8. The molecule has 0 saturated heterocycles. The SMILES string of the molecule is CC\C=C/C=C\C=C/C=C\C=C\C=C/CCCCCC(=O)OC(COC(=O)CCC/C=C\CCCCCC)COC(=O)CCCCCCCCCCCC/C=C\C=C/CCCCC. The van der Waals surface area contributed by atoms with Crippen molar-refractivity contribution in [1.82, 2.24) is 0 Å². The topological polar surface area (TPSA) is 78.9 Å². The molecule has 6 heteroatoms. The van der Waals surface area contributed by atoms with Gasteiger partial charge in [0.2, 0.25) is 0 Å². The lowest BCUT2D eigenvalue weighted by atomic mass is 10.1. The van der Waals surface area contributed by atoms with E-state index in [0.29, 0.717) is 25.7 Å². The number of hydrogen-bond acceptors (Lipinski definition) is 6. The predicted molar refractivity (Wildman–Crippen MR) is 270 cm³/mol. The number of unbranched alkanes of at least 4 members (excludes halogenated alkanes) is 21. The van der Waals surface area contributed by atoms with Crippen LogP contribution in [0, 0.1) is 0 Å². The Labute approximate surface area is 387 Å². The Morgan fingerprint density at radius 2 is 0.651 bits per heavy atom. The van der Waals surface area contributed by atoms with Gasteiger partial charge in [0.25, 0.3) is 0 Å². The zero-order valence-electron chi connectivity index (χ0n) is 40.5. The fourth-order valence-electron chi connectivity index (χ4n) is 6.58. The zero-order valence-corrected chi connectivity index (χ0v) is 40.5. The standard InChI is InChI=1S/C57H92O6/c1-4-7-10-13-16-19-21-23-25-27-28-30-31-33-35-38-41-44-47-50-56(59)62-53-54(52-61-55(58)49-46-43-40-37-18-15-12-9-6-3)63-57(60)51-48-45-42-39-36-34-32-29-26-24-22-20-17-14-11-8-5-2/h8,11,14,16-17,19-24,26,29,32,34,36-37,40,54H,4-7,9-10,12-13,15,18,25,27-28,30-31,33,35,38-39,41-53H2,1-3H3/b11-8-,17-14-,19-16-,22-20-,23-21-,26-24-,32-29+,36-34-,40-37-. The molecule has 1 unspecified atom stereocenters. The van der Waals surface area contributed by atoms with Crippen molar-refractivity contribution < 1.29 is 28.6 Å². The van der Waals surface area contributed by atoms with Crippen LogP contribution in [0.25, 0.3) is 0 Å². The van der Waals surface area contributed by atoms with Crippen LogP contribution in [-0.4, -0.2) is 37.2 Å². The van der Waals surface area contributed by atoms with Crippen LogP contribution in [0.3, 0.4) is 0 Å². The quantitative estimate of drug-likeness (QED) is 0.0199. The van der Waals surface area contributed by atoms with Crippen LogP contribution in [0.4, 0.5) is 0 Å². The number of carbonyl (C=O) groups excluding carboxylic acids is 3. The molecule has 0 amide bonds. The maximum atomic E-state index is 12.8. The average molecular weight is 873 g/mol. The van der Waals surface area contributed by atoms with Crippen LogP contribution in [0.15, 0.2) is 109 Å². The summed E-state index contributed by atoms with van der Waals surface area (Å²) in [6.07, 6.45) is 67.9.